The smallest absolute Gasteiger partial charge is 0.191 e. The van der Waals surface area contributed by atoms with Crippen LogP contribution in [0.25, 0.3) is 0 Å². The maximum absolute atomic E-state index is 4.71. The molecule has 22 heavy (non-hydrogen) atoms. The normalized spacial score (nSPS) is 22.2. The first kappa shape index (κ1) is 17.9. The second kappa shape index (κ2) is 10.4. The summed E-state index contributed by atoms with van der Waals surface area (Å²) < 4.78 is 0. The largest absolute Gasteiger partial charge is 0.357 e. The topological polar surface area (TPSA) is 39.7 Å². The zero-order valence-electron chi connectivity index (χ0n) is 14.4. The van der Waals surface area contributed by atoms with Gasteiger partial charge in [0.1, 0.15) is 0 Å². The molecular formula is C17H34N4S. The predicted molar refractivity (Wildman–Crippen MR) is 99.0 cm³/mol. The molecule has 1 saturated carbocycles. The zero-order chi connectivity index (χ0) is 15.6. The van der Waals surface area contributed by atoms with Crippen molar-refractivity contribution in [3.05, 3.63) is 0 Å². The van der Waals surface area contributed by atoms with E-state index in [1.807, 2.05) is 11.8 Å². The molecule has 5 heteroatoms. The van der Waals surface area contributed by atoms with Gasteiger partial charge in [-0.15, -0.1) is 0 Å². The average Bonchev–Trinajstić information content (AvgIpc) is 3.07. The van der Waals surface area contributed by atoms with Crippen LogP contribution in [0.15, 0.2) is 4.99 Å². The van der Waals surface area contributed by atoms with Gasteiger partial charge in [-0.25, -0.2) is 0 Å². The summed E-state index contributed by atoms with van der Waals surface area (Å²) in [5.41, 5.74) is 0. The number of likely N-dealkylation sites (tertiary alicyclic amines) is 1. The highest BCUT2D eigenvalue weighted by Crippen LogP contribution is 2.26. The minimum atomic E-state index is 0.594. The van der Waals surface area contributed by atoms with Gasteiger partial charge in [0, 0.05) is 38.3 Å². The van der Waals surface area contributed by atoms with E-state index in [0.29, 0.717) is 6.04 Å². The van der Waals surface area contributed by atoms with Crippen molar-refractivity contribution in [2.75, 3.05) is 38.2 Å². The van der Waals surface area contributed by atoms with Crippen molar-refractivity contribution in [1.29, 1.82) is 0 Å². The Morgan fingerprint density at radius 2 is 1.91 bits per heavy atom. The fraction of sp³-hybridized carbons (Fsp3) is 0.941. The highest BCUT2D eigenvalue weighted by atomic mass is 32.2. The summed E-state index contributed by atoms with van der Waals surface area (Å²) >= 11 is 1.90. The highest BCUT2D eigenvalue weighted by molar-refractivity contribution is 7.98. The minimum absolute atomic E-state index is 0.594. The second-order valence-electron chi connectivity index (χ2n) is 6.50. The van der Waals surface area contributed by atoms with Gasteiger partial charge in [0.25, 0.3) is 0 Å². The molecule has 0 atom stereocenters. The van der Waals surface area contributed by atoms with Gasteiger partial charge >= 0.3 is 0 Å². The van der Waals surface area contributed by atoms with Crippen molar-refractivity contribution >= 4 is 17.7 Å². The minimum Gasteiger partial charge on any atom is -0.357 e. The first-order valence-electron chi connectivity index (χ1n) is 9.11. The Labute approximate surface area is 140 Å². The fourth-order valence-electron chi connectivity index (χ4n) is 3.59. The zero-order valence-corrected chi connectivity index (χ0v) is 15.3. The molecule has 0 radical (unpaired) electrons. The Morgan fingerprint density at radius 1 is 1.18 bits per heavy atom. The van der Waals surface area contributed by atoms with E-state index in [0.717, 1.165) is 31.5 Å². The summed E-state index contributed by atoms with van der Waals surface area (Å²) in [5.74, 6) is 2.21. The van der Waals surface area contributed by atoms with E-state index in [-0.39, 0.29) is 0 Å². The predicted octanol–water partition coefficient (Wildman–Crippen LogP) is 2.70. The number of guanidine groups is 1. The molecule has 0 aromatic rings. The van der Waals surface area contributed by atoms with Crippen molar-refractivity contribution in [2.24, 2.45) is 4.99 Å². The van der Waals surface area contributed by atoms with Crippen LogP contribution in [0.5, 0.6) is 0 Å². The van der Waals surface area contributed by atoms with Crippen LogP contribution in [0.2, 0.25) is 0 Å². The number of aliphatic imine (C=N–C) groups is 1. The highest BCUT2D eigenvalue weighted by Gasteiger charge is 2.27. The molecule has 0 unspecified atom stereocenters. The molecule has 1 heterocycles. The van der Waals surface area contributed by atoms with E-state index in [1.54, 1.807) is 0 Å². The third-order valence-corrected chi connectivity index (χ3v) is 5.53. The fourth-order valence-corrected chi connectivity index (χ4v) is 4.01. The molecular weight excluding hydrogens is 292 g/mol. The van der Waals surface area contributed by atoms with E-state index in [1.165, 1.54) is 57.4 Å². The van der Waals surface area contributed by atoms with Crippen LogP contribution in [-0.4, -0.2) is 61.1 Å². The van der Waals surface area contributed by atoms with Crippen molar-refractivity contribution in [3.8, 4) is 0 Å². The van der Waals surface area contributed by atoms with Gasteiger partial charge in [-0.1, -0.05) is 12.8 Å². The van der Waals surface area contributed by atoms with Crippen LogP contribution in [0.3, 0.4) is 0 Å². The molecule has 0 aromatic heterocycles. The van der Waals surface area contributed by atoms with Crippen LogP contribution in [0, 0.1) is 0 Å². The third kappa shape index (κ3) is 5.99. The first-order valence-corrected chi connectivity index (χ1v) is 10.5. The molecule has 128 valence electrons. The number of hydrogen-bond donors (Lipinski definition) is 2. The third-order valence-electron chi connectivity index (χ3n) is 4.83. The quantitative estimate of drug-likeness (QED) is 0.429. The van der Waals surface area contributed by atoms with Crippen molar-refractivity contribution in [1.82, 2.24) is 15.5 Å². The maximum Gasteiger partial charge on any atom is 0.191 e. The van der Waals surface area contributed by atoms with Crippen LogP contribution >= 0.6 is 11.8 Å². The monoisotopic (exact) mass is 326 g/mol. The van der Waals surface area contributed by atoms with E-state index in [9.17, 15) is 0 Å². The van der Waals surface area contributed by atoms with Crippen LogP contribution in [0.1, 0.15) is 51.9 Å². The lowest BCUT2D eigenvalue weighted by atomic mass is 10.0. The van der Waals surface area contributed by atoms with Crippen molar-refractivity contribution in [2.45, 2.75) is 64.0 Å². The number of piperidine rings is 1. The van der Waals surface area contributed by atoms with Crippen LogP contribution in [0.4, 0.5) is 0 Å². The SMILES string of the molecule is CCNC(=NCCCSC)NC1CCN(C2CCCC2)CC1. The van der Waals surface area contributed by atoms with Gasteiger partial charge in [-0.3, -0.25) is 4.99 Å². The first-order chi connectivity index (χ1) is 10.8. The lowest BCUT2D eigenvalue weighted by molar-refractivity contribution is 0.150. The molecule has 2 N–H and O–H groups in total. The summed E-state index contributed by atoms with van der Waals surface area (Å²) in [4.78, 5) is 7.44. The molecule has 2 aliphatic rings. The summed E-state index contributed by atoms with van der Waals surface area (Å²) in [5, 5.41) is 7.04. The molecule has 0 aromatic carbocycles. The molecule has 4 nitrogen and oxygen atoms in total. The Balaban J connectivity index is 1.71. The van der Waals surface area contributed by atoms with Gasteiger partial charge in [0.05, 0.1) is 0 Å². The van der Waals surface area contributed by atoms with Gasteiger partial charge in [0.15, 0.2) is 5.96 Å². The molecule has 0 spiro atoms. The summed E-state index contributed by atoms with van der Waals surface area (Å²) in [7, 11) is 0. The van der Waals surface area contributed by atoms with Gasteiger partial charge in [-0.05, 0) is 51.0 Å². The lowest BCUT2D eigenvalue weighted by Gasteiger charge is -2.36. The van der Waals surface area contributed by atoms with Gasteiger partial charge in [-0.2, -0.15) is 11.8 Å². The Hall–Kier alpha value is -0.420. The van der Waals surface area contributed by atoms with E-state index in [2.05, 4.69) is 28.7 Å². The Kier molecular flexibility index (Phi) is 8.45. The molecule has 2 fully saturated rings. The maximum atomic E-state index is 4.71. The summed E-state index contributed by atoms with van der Waals surface area (Å²) in [6.07, 6.45) is 11.6. The summed E-state index contributed by atoms with van der Waals surface area (Å²) in [6.45, 7) is 6.52. The molecule has 1 aliphatic heterocycles. The van der Waals surface area contributed by atoms with Crippen molar-refractivity contribution < 1.29 is 0 Å². The number of nitrogens with zero attached hydrogens (tertiary/aromatic N) is 2. The van der Waals surface area contributed by atoms with Crippen LogP contribution in [-0.2, 0) is 0 Å². The number of thioether (sulfide) groups is 1. The second-order valence-corrected chi connectivity index (χ2v) is 7.49. The van der Waals surface area contributed by atoms with Gasteiger partial charge < -0.3 is 15.5 Å². The van der Waals surface area contributed by atoms with E-state index >= 15 is 0 Å². The summed E-state index contributed by atoms with van der Waals surface area (Å²) in [6, 6.07) is 1.48. The standard InChI is InChI=1S/C17H34N4S/c1-3-18-17(19-11-6-14-22-2)20-15-9-12-21(13-10-15)16-7-4-5-8-16/h15-16H,3-14H2,1-2H3,(H2,18,19,20). The van der Waals surface area contributed by atoms with Crippen molar-refractivity contribution in [3.63, 3.8) is 0 Å². The lowest BCUT2D eigenvalue weighted by Crippen LogP contribution is -2.50. The van der Waals surface area contributed by atoms with Gasteiger partial charge in [0.2, 0.25) is 0 Å². The molecule has 1 saturated heterocycles. The molecule has 0 bridgehead atoms. The number of hydrogen-bond acceptors (Lipinski definition) is 3. The Morgan fingerprint density at radius 3 is 2.55 bits per heavy atom. The van der Waals surface area contributed by atoms with Crippen LogP contribution < -0.4 is 10.6 Å². The number of rotatable bonds is 7. The molecule has 2 rings (SSSR count). The van der Waals surface area contributed by atoms with E-state index < -0.39 is 0 Å². The number of nitrogens with one attached hydrogen (secondary N) is 2. The van der Waals surface area contributed by atoms with E-state index in [4.69, 9.17) is 4.99 Å². The average molecular weight is 327 g/mol. The Bertz CT molecular complexity index is 321. The molecule has 0 amide bonds. The molecule has 1 aliphatic carbocycles.